The number of rotatable bonds is 7. The molecule has 0 saturated heterocycles. The Bertz CT molecular complexity index is 513. The van der Waals surface area contributed by atoms with Gasteiger partial charge in [0.1, 0.15) is 11.9 Å². The molecule has 0 radical (unpaired) electrons. The number of anilines is 1. The van der Waals surface area contributed by atoms with Gasteiger partial charge in [0.25, 0.3) is 0 Å². The molecule has 0 heterocycles. The zero-order valence-electron chi connectivity index (χ0n) is 11.4. The molecule has 116 valence electrons. The minimum absolute atomic E-state index is 0.216. The molecule has 8 heteroatoms. The number of carbonyl (C=O) groups is 2. The zero-order valence-corrected chi connectivity index (χ0v) is 12.9. The Kier molecular flexibility index (Phi) is 7.10. The van der Waals surface area contributed by atoms with Gasteiger partial charge in [0, 0.05) is 18.2 Å². The fraction of sp³-hybridized carbons (Fsp3) is 0.385. The van der Waals surface area contributed by atoms with Gasteiger partial charge >= 0.3 is 12.0 Å². The maximum atomic E-state index is 13.1. The highest BCUT2D eigenvalue weighted by atomic mass is 79.9. The van der Waals surface area contributed by atoms with E-state index in [1.807, 2.05) is 0 Å². The van der Waals surface area contributed by atoms with E-state index >= 15 is 0 Å². The van der Waals surface area contributed by atoms with Crippen LogP contribution in [0.5, 0.6) is 0 Å². The standard InChI is InChI=1S/C13H16BrFN2O4/c1-21-6-2-3-10(12(18)19)16-13(20)17-11-7-8(15)4-5-9(11)14/h4-5,7,10H,2-3,6H2,1H3,(H,18,19)(H2,16,17,20). The maximum Gasteiger partial charge on any atom is 0.326 e. The van der Waals surface area contributed by atoms with Gasteiger partial charge in [-0.3, -0.25) is 0 Å². The molecule has 0 aliphatic heterocycles. The Hall–Kier alpha value is -1.67. The van der Waals surface area contributed by atoms with Crippen LogP contribution in [-0.4, -0.2) is 36.9 Å². The summed E-state index contributed by atoms with van der Waals surface area (Å²) in [6.45, 7) is 0.405. The Morgan fingerprint density at radius 2 is 2.19 bits per heavy atom. The molecule has 0 aliphatic carbocycles. The first-order valence-corrected chi connectivity index (χ1v) is 6.97. The third-order valence-corrected chi connectivity index (χ3v) is 3.31. The quantitative estimate of drug-likeness (QED) is 0.650. The number of urea groups is 1. The van der Waals surface area contributed by atoms with E-state index in [0.717, 1.165) is 6.07 Å². The number of methoxy groups -OCH3 is 1. The van der Waals surface area contributed by atoms with Gasteiger partial charge in [-0.2, -0.15) is 0 Å². The topological polar surface area (TPSA) is 87.7 Å². The Morgan fingerprint density at radius 1 is 1.48 bits per heavy atom. The summed E-state index contributed by atoms with van der Waals surface area (Å²) < 4.78 is 18.4. The summed E-state index contributed by atoms with van der Waals surface area (Å²) in [5, 5.41) is 13.8. The predicted molar refractivity (Wildman–Crippen MR) is 78.8 cm³/mol. The van der Waals surface area contributed by atoms with Crippen molar-refractivity contribution in [1.29, 1.82) is 0 Å². The van der Waals surface area contributed by atoms with Gasteiger partial charge in [0.2, 0.25) is 0 Å². The van der Waals surface area contributed by atoms with Crippen molar-refractivity contribution in [3.05, 3.63) is 28.5 Å². The number of carbonyl (C=O) groups excluding carboxylic acids is 1. The number of carboxylic acid groups (broad SMARTS) is 1. The summed E-state index contributed by atoms with van der Waals surface area (Å²) in [6.07, 6.45) is 0.734. The summed E-state index contributed by atoms with van der Waals surface area (Å²) >= 11 is 3.16. The maximum absolute atomic E-state index is 13.1. The third kappa shape index (κ3) is 6.09. The molecule has 21 heavy (non-hydrogen) atoms. The molecule has 6 nitrogen and oxygen atoms in total. The van der Waals surface area contributed by atoms with E-state index in [9.17, 15) is 14.0 Å². The van der Waals surface area contributed by atoms with Crippen molar-refractivity contribution < 1.29 is 23.8 Å². The summed E-state index contributed by atoms with van der Waals surface area (Å²) in [5.74, 6) is -1.65. The van der Waals surface area contributed by atoms with Gasteiger partial charge in [-0.1, -0.05) is 0 Å². The highest BCUT2D eigenvalue weighted by Gasteiger charge is 2.19. The van der Waals surface area contributed by atoms with Crippen LogP contribution in [-0.2, 0) is 9.53 Å². The van der Waals surface area contributed by atoms with Crippen LogP contribution in [0.15, 0.2) is 22.7 Å². The molecule has 1 aromatic rings. The molecular formula is C13H16BrFN2O4. The normalized spacial score (nSPS) is 11.8. The minimum Gasteiger partial charge on any atom is -0.480 e. The highest BCUT2D eigenvalue weighted by molar-refractivity contribution is 9.10. The van der Waals surface area contributed by atoms with Crippen LogP contribution in [0.4, 0.5) is 14.9 Å². The smallest absolute Gasteiger partial charge is 0.326 e. The number of ether oxygens (including phenoxy) is 1. The molecule has 1 rings (SSSR count). The first-order chi connectivity index (χ1) is 9.93. The molecule has 1 unspecified atom stereocenters. The summed E-state index contributed by atoms with van der Waals surface area (Å²) in [7, 11) is 1.51. The van der Waals surface area contributed by atoms with E-state index in [1.165, 1.54) is 19.2 Å². The first kappa shape index (κ1) is 17.4. The van der Waals surface area contributed by atoms with Crippen molar-refractivity contribution in [1.82, 2.24) is 5.32 Å². The van der Waals surface area contributed by atoms with Gasteiger partial charge in [-0.05, 0) is 47.0 Å². The average molecular weight is 363 g/mol. The minimum atomic E-state index is -1.14. The van der Waals surface area contributed by atoms with Crippen molar-refractivity contribution in [2.24, 2.45) is 0 Å². The van der Waals surface area contributed by atoms with E-state index < -0.39 is 23.9 Å². The lowest BCUT2D eigenvalue weighted by molar-refractivity contribution is -0.139. The fourth-order valence-corrected chi connectivity index (χ4v) is 1.94. The van der Waals surface area contributed by atoms with Crippen LogP contribution < -0.4 is 10.6 Å². The van der Waals surface area contributed by atoms with Crippen LogP contribution in [0.3, 0.4) is 0 Å². The number of hydrogen-bond donors (Lipinski definition) is 3. The number of hydrogen-bond acceptors (Lipinski definition) is 3. The molecule has 0 spiro atoms. The number of nitrogens with one attached hydrogen (secondary N) is 2. The van der Waals surface area contributed by atoms with Crippen LogP contribution in [0.25, 0.3) is 0 Å². The van der Waals surface area contributed by atoms with Crippen molar-refractivity contribution >= 4 is 33.6 Å². The van der Waals surface area contributed by atoms with E-state index in [4.69, 9.17) is 9.84 Å². The van der Waals surface area contributed by atoms with Crippen molar-refractivity contribution in [2.75, 3.05) is 19.0 Å². The van der Waals surface area contributed by atoms with Gasteiger partial charge in [0.05, 0.1) is 5.69 Å². The molecule has 0 aliphatic rings. The lowest BCUT2D eigenvalue weighted by Crippen LogP contribution is -2.43. The third-order valence-electron chi connectivity index (χ3n) is 2.62. The monoisotopic (exact) mass is 362 g/mol. The fourth-order valence-electron chi connectivity index (χ4n) is 1.60. The van der Waals surface area contributed by atoms with Crippen LogP contribution in [0.2, 0.25) is 0 Å². The van der Waals surface area contributed by atoms with Crippen molar-refractivity contribution in [3.8, 4) is 0 Å². The number of aliphatic carboxylic acids is 1. The largest absolute Gasteiger partial charge is 0.480 e. The Labute approximate surface area is 129 Å². The number of benzene rings is 1. The van der Waals surface area contributed by atoms with Crippen molar-refractivity contribution in [2.45, 2.75) is 18.9 Å². The van der Waals surface area contributed by atoms with E-state index in [-0.39, 0.29) is 12.1 Å². The van der Waals surface area contributed by atoms with E-state index in [2.05, 4.69) is 26.6 Å². The second-order valence-corrected chi connectivity index (χ2v) is 5.10. The number of carboxylic acids is 1. The molecule has 0 fully saturated rings. The summed E-state index contributed by atoms with van der Waals surface area (Å²) in [5.41, 5.74) is 0.216. The lowest BCUT2D eigenvalue weighted by atomic mass is 10.1. The van der Waals surface area contributed by atoms with Crippen LogP contribution in [0.1, 0.15) is 12.8 Å². The van der Waals surface area contributed by atoms with Crippen LogP contribution >= 0.6 is 15.9 Å². The van der Waals surface area contributed by atoms with E-state index in [0.29, 0.717) is 17.5 Å². The van der Waals surface area contributed by atoms with Gasteiger partial charge in [-0.25, -0.2) is 14.0 Å². The second kappa shape index (κ2) is 8.58. The molecule has 2 amide bonds. The van der Waals surface area contributed by atoms with Gasteiger partial charge < -0.3 is 20.5 Å². The predicted octanol–water partition coefficient (Wildman–Crippen LogP) is 2.59. The summed E-state index contributed by atoms with van der Waals surface area (Å²) in [6, 6.07) is 2.05. The number of halogens is 2. The SMILES string of the molecule is COCCCC(NC(=O)Nc1cc(F)ccc1Br)C(=O)O. The molecular weight excluding hydrogens is 347 g/mol. The Morgan fingerprint density at radius 3 is 2.81 bits per heavy atom. The Balaban J connectivity index is 2.61. The van der Waals surface area contributed by atoms with Gasteiger partial charge in [0.15, 0.2) is 0 Å². The average Bonchev–Trinajstić information content (AvgIpc) is 2.42. The molecule has 0 saturated carbocycles. The van der Waals surface area contributed by atoms with Crippen molar-refractivity contribution in [3.63, 3.8) is 0 Å². The molecule has 0 aromatic heterocycles. The van der Waals surface area contributed by atoms with Gasteiger partial charge in [-0.15, -0.1) is 0 Å². The molecule has 1 atom stereocenters. The van der Waals surface area contributed by atoms with E-state index in [1.54, 1.807) is 0 Å². The van der Waals surface area contributed by atoms with Crippen LogP contribution in [0, 0.1) is 5.82 Å². The molecule has 1 aromatic carbocycles. The lowest BCUT2D eigenvalue weighted by Gasteiger charge is -2.15. The highest BCUT2D eigenvalue weighted by Crippen LogP contribution is 2.22. The zero-order chi connectivity index (χ0) is 15.8. The molecule has 0 bridgehead atoms. The first-order valence-electron chi connectivity index (χ1n) is 6.18. The molecule has 3 N–H and O–H groups in total. The summed E-state index contributed by atoms with van der Waals surface area (Å²) in [4.78, 5) is 22.8. The number of amides is 2. The second-order valence-electron chi connectivity index (χ2n) is 4.25.